The van der Waals surface area contributed by atoms with Crippen LogP contribution in [0.25, 0.3) is 0 Å². The summed E-state index contributed by atoms with van der Waals surface area (Å²) in [6.07, 6.45) is 1.43. The van der Waals surface area contributed by atoms with Gasteiger partial charge in [0.2, 0.25) is 5.91 Å². The highest BCUT2D eigenvalue weighted by molar-refractivity contribution is 8.00. The first kappa shape index (κ1) is 15.3. The number of aromatic amines is 1. The van der Waals surface area contributed by atoms with Gasteiger partial charge in [-0.3, -0.25) is 9.59 Å². The van der Waals surface area contributed by atoms with Gasteiger partial charge in [-0.05, 0) is 38.0 Å². The van der Waals surface area contributed by atoms with E-state index < -0.39 is 0 Å². The first-order valence-corrected chi connectivity index (χ1v) is 7.44. The summed E-state index contributed by atoms with van der Waals surface area (Å²) in [6.45, 7) is 5.75. The molecular weight excluding hydrogens is 286 g/mol. The van der Waals surface area contributed by atoms with Crippen molar-refractivity contribution in [3.8, 4) is 0 Å². The van der Waals surface area contributed by atoms with Gasteiger partial charge in [0.25, 0.3) is 5.56 Å². The number of hydrogen-bond acceptors (Lipinski definition) is 4. The molecule has 1 aromatic heterocycles. The Bertz CT molecular complexity index is 712. The molecule has 2 N–H and O–H groups in total. The maximum absolute atomic E-state index is 12.2. The highest BCUT2D eigenvalue weighted by atomic mass is 32.2. The molecule has 0 aliphatic heterocycles. The summed E-state index contributed by atoms with van der Waals surface area (Å²) in [5, 5.41) is 2.98. The maximum Gasteiger partial charge on any atom is 0.251 e. The summed E-state index contributed by atoms with van der Waals surface area (Å²) < 4.78 is 0. The number of anilines is 1. The standard InChI is InChI=1S/C15H17N3O2S/c1-9-5-4-6-12(10(9)2)17-14(20)11(3)21-15-16-8-7-13(19)18-15/h4-8,11H,1-3H3,(H,17,20)(H,16,18,19). The molecule has 0 spiro atoms. The van der Waals surface area contributed by atoms with Gasteiger partial charge in [-0.15, -0.1) is 0 Å². The third kappa shape index (κ3) is 3.95. The molecule has 21 heavy (non-hydrogen) atoms. The van der Waals surface area contributed by atoms with Crippen LogP contribution in [-0.4, -0.2) is 21.1 Å². The average molecular weight is 303 g/mol. The Morgan fingerprint density at radius 3 is 2.81 bits per heavy atom. The van der Waals surface area contributed by atoms with Gasteiger partial charge >= 0.3 is 0 Å². The molecule has 0 radical (unpaired) electrons. The molecule has 2 aromatic rings. The van der Waals surface area contributed by atoms with E-state index in [1.54, 1.807) is 6.92 Å². The van der Waals surface area contributed by atoms with Crippen molar-refractivity contribution in [1.82, 2.24) is 9.97 Å². The van der Waals surface area contributed by atoms with Crippen LogP contribution < -0.4 is 10.9 Å². The molecule has 0 bridgehead atoms. The van der Waals surface area contributed by atoms with E-state index in [0.29, 0.717) is 5.16 Å². The first-order valence-electron chi connectivity index (χ1n) is 6.56. The normalized spacial score (nSPS) is 12.0. The Balaban J connectivity index is 2.06. The van der Waals surface area contributed by atoms with Crippen molar-refractivity contribution in [2.45, 2.75) is 31.2 Å². The number of benzene rings is 1. The molecule has 0 saturated carbocycles. The van der Waals surface area contributed by atoms with Gasteiger partial charge < -0.3 is 10.3 Å². The number of aryl methyl sites for hydroxylation is 1. The van der Waals surface area contributed by atoms with E-state index in [2.05, 4.69) is 15.3 Å². The largest absolute Gasteiger partial charge is 0.325 e. The quantitative estimate of drug-likeness (QED) is 0.672. The Hall–Kier alpha value is -2.08. The van der Waals surface area contributed by atoms with E-state index in [1.165, 1.54) is 24.0 Å². The van der Waals surface area contributed by atoms with E-state index in [4.69, 9.17) is 0 Å². The fourth-order valence-corrected chi connectivity index (χ4v) is 2.54. The van der Waals surface area contributed by atoms with Gasteiger partial charge in [-0.1, -0.05) is 23.9 Å². The minimum Gasteiger partial charge on any atom is -0.325 e. The van der Waals surface area contributed by atoms with Gasteiger partial charge in [0, 0.05) is 18.0 Å². The van der Waals surface area contributed by atoms with Crippen LogP contribution in [0.3, 0.4) is 0 Å². The number of nitrogens with one attached hydrogen (secondary N) is 2. The third-order valence-corrected chi connectivity index (χ3v) is 4.17. The lowest BCUT2D eigenvalue weighted by Gasteiger charge is -2.14. The number of carbonyl (C=O) groups excluding carboxylic acids is 1. The first-order chi connectivity index (χ1) is 9.97. The molecule has 1 unspecified atom stereocenters. The summed E-state index contributed by atoms with van der Waals surface area (Å²) in [5.74, 6) is -0.125. The van der Waals surface area contributed by atoms with Gasteiger partial charge in [0.1, 0.15) is 0 Å². The third-order valence-electron chi connectivity index (χ3n) is 3.17. The van der Waals surface area contributed by atoms with Crippen molar-refractivity contribution in [3.05, 3.63) is 51.9 Å². The second-order valence-corrected chi connectivity index (χ2v) is 6.07. The van der Waals surface area contributed by atoms with Crippen molar-refractivity contribution in [2.75, 3.05) is 5.32 Å². The molecule has 2 rings (SSSR count). The molecule has 1 heterocycles. The van der Waals surface area contributed by atoms with E-state index in [1.807, 2.05) is 32.0 Å². The van der Waals surface area contributed by atoms with Gasteiger partial charge in [-0.25, -0.2) is 4.98 Å². The van der Waals surface area contributed by atoms with Crippen LogP contribution in [0.1, 0.15) is 18.1 Å². The summed E-state index contributed by atoms with van der Waals surface area (Å²) in [7, 11) is 0. The second-order valence-electron chi connectivity index (χ2n) is 4.74. The minimum atomic E-state index is -0.365. The minimum absolute atomic E-state index is 0.125. The SMILES string of the molecule is Cc1cccc(NC(=O)C(C)Sc2nccc(=O)[nH]2)c1C. The molecule has 1 atom stereocenters. The second kappa shape index (κ2) is 6.58. The summed E-state index contributed by atoms with van der Waals surface area (Å²) in [4.78, 5) is 30.0. The monoisotopic (exact) mass is 303 g/mol. The van der Waals surface area contributed by atoms with Crippen LogP contribution in [0.15, 0.2) is 40.4 Å². The van der Waals surface area contributed by atoms with Gasteiger partial charge in [0.05, 0.1) is 5.25 Å². The number of nitrogens with zero attached hydrogens (tertiary/aromatic N) is 1. The lowest BCUT2D eigenvalue weighted by molar-refractivity contribution is -0.115. The van der Waals surface area contributed by atoms with Gasteiger partial charge in [0.15, 0.2) is 5.16 Å². The zero-order valence-corrected chi connectivity index (χ0v) is 13.0. The van der Waals surface area contributed by atoms with E-state index in [0.717, 1.165) is 16.8 Å². The van der Waals surface area contributed by atoms with E-state index >= 15 is 0 Å². The van der Waals surface area contributed by atoms with Crippen LogP contribution in [0.2, 0.25) is 0 Å². The Morgan fingerprint density at radius 2 is 2.10 bits per heavy atom. The van der Waals surface area contributed by atoms with Crippen LogP contribution in [-0.2, 0) is 4.79 Å². The lowest BCUT2D eigenvalue weighted by Crippen LogP contribution is -2.23. The number of hydrogen-bond donors (Lipinski definition) is 2. The number of rotatable bonds is 4. The maximum atomic E-state index is 12.2. The summed E-state index contributed by atoms with van der Waals surface area (Å²) in [5.41, 5.74) is 2.76. The molecular formula is C15H17N3O2S. The Kier molecular flexibility index (Phi) is 4.80. The van der Waals surface area contributed by atoms with Crippen molar-refractivity contribution in [1.29, 1.82) is 0 Å². The molecule has 1 aromatic carbocycles. The highest BCUT2D eigenvalue weighted by Gasteiger charge is 2.16. The fraction of sp³-hybridized carbons (Fsp3) is 0.267. The topological polar surface area (TPSA) is 74.8 Å². The lowest BCUT2D eigenvalue weighted by atomic mass is 10.1. The molecule has 5 nitrogen and oxygen atoms in total. The molecule has 0 aliphatic rings. The van der Waals surface area contributed by atoms with Crippen LogP contribution in [0.5, 0.6) is 0 Å². The van der Waals surface area contributed by atoms with Crippen molar-refractivity contribution >= 4 is 23.4 Å². The molecule has 0 aliphatic carbocycles. The number of aromatic nitrogens is 2. The molecule has 0 saturated heterocycles. The number of thioether (sulfide) groups is 1. The van der Waals surface area contributed by atoms with Crippen molar-refractivity contribution < 1.29 is 4.79 Å². The van der Waals surface area contributed by atoms with Crippen LogP contribution in [0, 0.1) is 13.8 Å². The Labute approximate surface area is 127 Å². The van der Waals surface area contributed by atoms with Crippen LogP contribution in [0.4, 0.5) is 5.69 Å². The highest BCUT2D eigenvalue weighted by Crippen LogP contribution is 2.22. The van der Waals surface area contributed by atoms with E-state index in [9.17, 15) is 9.59 Å². The van der Waals surface area contributed by atoms with Crippen LogP contribution >= 0.6 is 11.8 Å². The van der Waals surface area contributed by atoms with E-state index in [-0.39, 0.29) is 16.7 Å². The molecule has 0 fully saturated rings. The molecule has 1 amide bonds. The molecule has 110 valence electrons. The number of amides is 1. The van der Waals surface area contributed by atoms with Crippen molar-refractivity contribution in [2.24, 2.45) is 0 Å². The number of H-pyrrole nitrogens is 1. The van der Waals surface area contributed by atoms with Crippen molar-refractivity contribution in [3.63, 3.8) is 0 Å². The zero-order valence-electron chi connectivity index (χ0n) is 12.1. The zero-order chi connectivity index (χ0) is 15.4. The number of carbonyl (C=O) groups is 1. The van der Waals surface area contributed by atoms with Gasteiger partial charge in [-0.2, -0.15) is 0 Å². The summed E-state index contributed by atoms with van der Waals surface area (Å²) in [6, 6.07) is 7.12. The fourth-order valence-electron chi connectivity index (χ4n) is 1.75. The Morgan fingerprint density at radius 1 is 1.33 bits per heavy atom. The summed E-state index contributed by atoms with van der Waals surface area (Å²) >= 11 is 1.22. The predicted molar refractivity (Wildman–Crippen MR) is 84.7 cm³/mol. The molecule has 6 heteroatoms. The smallest absolute Gasteiger partial charge is 0.251 e. The predicted octanol–water partition coefficient (Wildman–Crippen LogP) is 2.51. The average Bonchev–Trinajstić information content (AvgIpc) is 2.44.